The van der Waals surface area contributed by atoms with Crippen LogP contribution in [0.2, 0.25) is 0 Å². The third kappa shape index (κ3) is 3.91. The highest BCUT2D eigenvalue weighted by molar-refractivity contribution is 6.05. The molecular formula is C22H21NO3. The van der Waals surface area contributed by atoms with Gasteiger partial charge in [0.25, 0.3) is 0 Å². The van der Waals surface area contributed by atoms with E-state index in [0.717, 1.165) is 6.54 Å². The van der Waals surface area contributed by atoms with Crippen LogP contribution in [-0.4, -0.2) is 16.5 Å². The largest absolute Gasteiger partial charge is 0.389 e. The van der Waals surface area contributed by atoms with Gasteiger partial charge < -0.3 is 9.30 Å². The van der Waals surface area contributed by atoms with Gasteiger partial charge in [0.05, 0.1) is 6.42 Å². The van der Waals surface area contributed by atoms with Crippen LogP contribution < -0.4 is 0 Å². The lowest BCUT2D eigenvalue weighted by Gasteiger charge is -2.08. The molecule has 0 atom stereocenters. The van der Waals surface area contributed by atoms with E-state index < -0.39 is 11.9 Å². The number of benzene rings is 2. The molecule has 26 heavy (non-hydrogen) atoms. The number of hydrogen-bond donors (Lipinski definition) is 0. The number of nitrogens with zero attached hydrogens (tertiary/aromatic N) is 1. The van der Waals surface area contributed by atoms with Crippen molar-refractivity contribution in [2.75, 3.05) is 0 Å². The number of esters is 2. The minimum atomic E-state index is -0.498. The molecule has 3 aromatic rings. The molecule has 0 unspecified atom stereocenters. The molecular weight excluding hydrogens is 326 g/mol. The van der Waals surface area contributed by atoms with E-state index in [2.05, 4.69) is 76.9 Å². The Bertz CT molecular complexity index is 967. The van der Waals surface area contributed by atoms with Crippen molar-refractivity contribution in [3.8, 4) is 0 Å². The van der Waals surface area contributed by atoms with Crippen LogP contribution >= 0.6 is 0 Å². The number of fused-ring (bicyclic) bond motifs is 1. The first-order valence-electron chi connectivity index (χ1n) is 8.57. The maximum absolute atomic E-state index is 10.5. The summed E-state index contributed by atoms with van der Waals surface area (Å²) in [6.45, 7) is 4.82. The average molecular weight is 347 g/mol. The van der Waals surface area contributed by atoms with Gasteiger partial charge in [0.2, 0.25) is 0 Å². The lowest BCUT2D eigenvalue weighted by atomic mass is 10.2. The van der Waals surface area contributed by atoms with Gasteiger partial charge in [0.1, 0.15) is 0 Å². The molecule has 4 nitrogen and oxygen atoms in total. The number of para-hydroxylation sites is 1. The summed E-state index contributed by atoms with van der Waals surface area (Å²) < 4.78 is 6.58. The van der Waals surface area contributed by atoms with Crippen molar-refractivity contribution in [2.24, 2.45) is 0 Å². The lowest BCUT2D eigenvalue weighted by Crippen LogP contribution is -2.00. The number of ether oxygens (including phenoxy) is 1. The summed E-state index contributed by atoms with van der Waals surface area (Å²) in [5, 5.41) is 1.32. The van der Waals surface area contributed by atoms with E-state index in [9.17, 15) is 9.59 Å². The highest BCUT2D eigenvalue weighted by Gasteiger charge is 2.25. The Kier molecular flexibility index (Phi) is 5.32. The zero-order valence-corrected chi connectivity index (χ0v) is 14.9. The molecule has 1 saturated heterocycles. The van der Waals surface area contributed by atoms with Crippen molar-refractivity contribution in [1.82, 2.24) is 4.57 Å². The first kappa shape index (κ1) is 17.7. The molecule has 0 bridgehead atoms. The first-order chi connectivity index (χ1) is 12.6. The Labute approximate surface area is 152 Å². The second-order valence-electron chi connectivity index (χ2n) is 6.17. The van der Waals surface area contributed by atoms with E-state index in [-0.39, 0.29) is 6.42 Å². The number of hydrogen-bond acceptors (Lipinski definition) is 3. The minimum absolute atomic E-state index is 0.134. The van der Waals surface area contributed by atoms with Crippen LogP contribution in [0.3, 0.4) is 0 Å². The number of carbonyl (C=O) groups is 2. The summed E-state index contributed by atoms with van der Waals surface area (Å²) in [6, 6.07) is 21.4. The molecule has 2 aromatic carbocycles. The Morgan fingerprint density at radius 1 is 1.04 bits per heavy atom. The third-order valence-electron chi connectivity index (χ3n) is 4.35. The topological polar surface area (TPSA) is 48.3 Å². The van der Waals surface area contributed by atoms with Crippen LogP contribution in [0, 0.1) is 6.92 Å². The van der Waals surface area contributed by atoms with Gasteiger partial charge in [0, 0.05) is 23.3 Å². The van der Waals surface area contributed by atoms with Crippen LogP contribution in [0.1, 0.15) is 24.6 Å². The number of cyclic esters (lactones) is 2. The number of aryl methyl sites for hydroxylation is 1. The molecule has 0 spiro atoms. The summed E-state index contributed by atoms with van der Waals surface area (Å²) in [6.07, 6.45) is 1.72. The molecule has 4 rings (SSSR count). The number of carbonyl (C=O) groups excluding carboxylic acids is 2. The van der Waals surface area contributed by atoms with Crippen LogP contribution in [0.4, 0.5) is 0 Å². The summed E-state index contributed by atoms with van der Waals surface area (Å²) in [7, 11) is 0. The SMILES string of the molecule is CC=C1CC(=O)OC1=O.Cc1cc2ccccc2n1Cc1ccccc1. The third-order valence-corrected chi connectivity index (χ3v) is 4.35. The van der Waals surface area contributed by atoms with E-state index >= 15 is 0 Å². The maximum atomic E-state index is 10.5. The quantitative estimate of drug-likeness (QED) is 0.392. The predicted molar refractivity (Wildman–Crippen MR) is 102 cm³/mol. The molecule has 2 heterocycles. The van der Waals surface area contributed by atoms with Gasteiger partial charge in [-0.1, -0.05) is 54.6 Å². The molecule has 0 N–H and O–H groups in total. The van der Waals surface area contributed by atoms with Gasteiger partial charge in [-0.15, -0.1) is 0 Å². The summed E-state index contributed by atoms with van der Waals surface area (Å²) in [5.41, 5.74) is 4.43. The van der Waals surface area contributed by atoms with Crippen molar-refractivity contribution in [3.05, 3.63) is 83.6 Å². The molecule has 132 valence electrons. The van der Waals surface area contributed by atoms with Gasteiger partial charge in [-0.25, -0.2) is 4.79 Å². The van der Waals surface area contributed by atoms with Crippen molar-refractivity contribution >= 4 is 22.8 Å². The second kappa shape index (κ2) is 7.83. The first-order valence-corrected chi connectivity index (χ1v) is 8.57. The van der Waals surface area contributed by atoms with E-state index in [1.807, 2.05) is 0 Å². The monoisotopic (exact) mass is 347 g/mol. The van der Waals surface area contributed by atoms with Crippen molar-refractivity contribution in [2.45, 2.75) is 26.8 Å². The Hall–Kier alpha value is -3.14. The summed E-state index contributed by atoms with van der Waals surface area (Å²) in [4.78, 5) is 20.8. The highest BCUT2D eigenvalue weighted by atomic mass is 16.6. The van der Waals surface area contributed by atoms with Gasteiger partial charge >= 0.3 is 11.9 Å². The van der Waals surface area contributed by atoms with E-state index in [0.29, 0.717) is 5.57 Å². The van der Waals surface area contributed by atoms with Crippen LogP contribution in [0.15, 0.2) is 72.3 Å². The number of allylic oxidation sites excluding steroid dienone is 1. The highest BCUT2D eigenvalue weighted by Crippen LogP contribution is 2.20. The predicted octanol–water partition coefficient (Wildman–Crippen LogP) is 4.40. The Morgan fingerprint density at radius 2 is 1.73 bits per heavy atom. The van der Waals surface area contributed by atoms with Gasteiger partial charge in [0.15, 0.2) is 0 Å². The second-order valence-corrected chi connectivity index (χ2v) is 6.17. The van der Waals surface area contributed by atoms with Crippen LogP contribution in [-0.2, 0) is 20.9 Å². The fourth-order valence-electron chi connectivity index (χ4n) is 2.98. The number of aromatic nitrogens is 1. The van der Waals surface area contributed by atoms with Crippen molar-refractivity contribution < 1.29 is 14.3 Å². The molecule has 0 aliphatic carbocycles. The van der Waals surface area contributed by atoms with Gasteiger partial charge in [-0.2, -0.15) is 0 Å². The zero-order valence-electron chi connectivity index (χ0n) is 14.9. The fourth-order valence-corrected chi connectivity index (χ4v) is 2.98. The van der Waals surface area contributed by atoms with E-state index in [4.69, 9.17) is 0 Å². The van der Waals surface area contributed by atoms with Crippen molar-refractivity contribution in [3.63, 3.8) is 0 Å². The van der Waals surface area contributed by atoms with E-state index in [1.165, 1.54) is 22.2 Å². The molecule has 1 aliphatic heterocycles. The molecule has 0 radical (unpaired) electrons. The molecule has 0 amide bonds. The lowest BCUT2D eigenvalue weighted by molar-refractivity contribution is -0.151. The summed E-state index contributed by atoms with van der Waals surface area (Å²) in [5.74, 6) is -0.949. The standard InChI is InChI=1S/C16H15N.C6H6O3/c1-13-11-15-9-5-6-10-16(15)17(13)12-14-7-3-2-4-8-14;1-2-4-3-5(7)9-6(4)8/h2-11H,12H2,1H3;2H,3H2,1H3. The van der Waals surface area contributed by atoms with Crippen LogP contribution in [0.5, 0.6) is 0 Å². The molecule has 0 saturated carbocycles. The Morgan fingerprint density at radius 3 is 2.35 bits per heavy atom. The molecule has 1 fully saturated rings. The van der Waals surface area contributed by atoms with Crippen LogP contribution in [0.25, 0.3) is 10.9 Å². The molecule has 1 aliphatic rings. The smallest absolute Gasteiger partial charge is 0.341 e. The summed E-state index contributed by atoms with van der Waals surface area (Å²) >= 11 is 0. The zero-order chi connectivity index (χ0) is 18.5. The fraction of sp³-hybridized carbons (Fsp3) is 0.182. The van der Waals surface area contributed by atoms with E-state index in [1.54, 1.807) is 13.0 Å². The van der Waals surface area contributed by atoms with Crippen molar-refractivity contribution in [1.29, 1.82) is 0 Å². The maximum Gasteiger partial charge on any atom is 0.341 e. The number of rotatable bonds is 2. The average Bonchev–Trinajstić information content (AvgIpc) is 3.15. The minimum Gasteiger partial charge on any atom is -0.389 e. The van der Waals surface area contributed by atoms with Gasteiger partial charge in [-0.3, -0.25) is 4.79 Å². The van der Waals surface area contributed by atoms with Gasteiger partial charge in [-0.05, 0) is 36.9 Å². The molecule has 4 heteroatoms. The normalized spacial score (nSPS) is 15.1. The molecule has 1 aromatic heterocycles. The Balaban J connectivity index is 0.000000185.